The first-order chi connectivity index (χ1) is 6.17. The molecule has 0 bridgehead atoms. The molecule has 1 heteroatoms. The molecule has 0 spiro atoms. The van der Waals surface area contributed by atoms with Gasteiger partial charge in [-0.05, 0) is 43.6 Å². The molecule has 1 heterocycles. The van der Waals surface area contributed by atoms with E-state index in [2.05, 4.69) is 19.2 Å². The Morgan fingerprint density at radius 1 is 1.15 bits per heavy atom. The zero-order valence-corrected chi connectivity index (χ0v) is 9.10. The monoisotopic (exact) mass is 181 g/mol. The van der Waals surface area contributed by atoms with Gasteiger partial charge in [0.05, 0.1) is 0 Å². The Kier molecular flexibility index (Phi) is 2.64. The molecule has 1 aliphatic carbocycles. The molecule has 13 heavy (non-hydrogen) atoms. The third-order valence-corrected chi connectivity index (χ3v) is 3.93. The average Bonchev–Trinajstić information content (AvgIpc) is 2.21. The summed E-state index contributed by atoms with van der Waals surface area (Å²) < 4.78 is 0. The van der Waals surface area contributed by atoms with Crippen molar-refractivity contribution in [1.82, 2.24) is 5.32 Å². The van der Waals surface area contributed by atoms with Crippen LogP contribution in [0.15, 0.2) is 0 Å². The average molecular weight is 181 g/mol. The molecular formula is C12H23N. The summed E-state index contributed by atoms with van der Waals surface area (Å²) in [6, 6.07) is 0.857. The second-order valence-corrected chi connectivity index (χ2v) is 5.72. The van der Waals surface area contributed by atoms with Crippen LogP contribution in [0, 0.1) is 11.3 Å². The van der Waals surface area contributed by atoms with Gasteiger partial charge in [-0.3, -0.25) is 0 Å². The van der Waals surface area contributed by atoms with E-state index in [1.165, 1.54) is 45.1 Å². The van der Waals surface area contributed by atoms with Crippen molar-refractivity contribution in [2.45, 2.75) is 58.4 Å². The fraction of sp³-hybridized carbons (Fsp3) is 1.00. The molecule has 2 rings (SSSR count). The fourth-order valence-corrected chi connectivity index (χ4v) is 3.13. The molecule has 0 radical (unpaired) electrons. The van der Waals surface area contributed by atoms with Crippen molar-refractivity contribution in [2.75, 3.05) is 6.54 Å². The van der Waals surface area contributed by atoms with Crippen molar-refractivity contribution < 1.29 is 0 Å². The van der Waals surface area contributed by atoms with Crippen LogP contribution in [-0.4, -0.2) is 12.6 Å². The fourth-order valence-electron chi connectivity index (χ4n) is 3.13. The molecule has 1 N–H and O–H groups in total. The smallest absolute Gasteiger partial charge is 0.00955 e. The molecule has 2 atom stereocenters. The van der Waals surface area contributed by atoms with E-state index in [0.29, 0.717) is 5.41 Å². The number of nitrogens with one attached hydrogen (secondary N) is 1. The minimum absolute atomic E-state index is 0.587. The highest BCUT2D eigenvalue weighted by molar-refractivity contribution is 4.88. The van der Waals surface area contributed by atoms with E-state index in [4.69, 9.17) is 0 Å². The van der Waals surface area contributed by atoms with Gasteiger partial charge in [0.15, 0.2) is 0 Å². The van der Waals surface area contributed by atoms with E-state index in [1.54, 1.807) is 0 Å². The molecule has 1 saturated carbocycles. The van der Waals surface area contributed by atoms with Crippen molar-refractivity contribution in [3.05, 3.63) is 0 Å². The number of rotatable bonds is 0. The van der Waals surface area contributed by atoms with Crippen LogP contribution in [0.4, 0.5) is 0 Å². The molecule has 0 aromatic heterocycles. The van der Waals surface area contributed by atoms with E-state index in [-0.39, 0.29) is 0 Å². The maximum Gasteiger partial charge on any atom is 0.00955 e. The summed E-state index contributed by atoms with van der Waals surface area (Å²) in [7, 11) is 0. The van der Waals surface area contributed by atoms with Crippen LogP contribution in [0.5, 0.6) is 0 Å². The maximum absolute atomic E-state index is 3.74. The highest BCUT2D eigenvalue weighted by Gasteiger charge is 2.33. The molecule has 2 aliphatic rings. The van der Waals surface area contributed by atoms with E-state index >= 15 is 0 Å². The first kappa shape index (κ1) is 9.51. The van der Waals surface area contributed by atoms with Crippen LogP contribution in [-0.2, 0) is 0 Å². The molecule has 0 unspecified atom stereocenters. The minimum atomic E-state index is 0.587. The Morgan fingerprint density at radius 3 is 2.77 bits per heavy atom. The van der Waals surface area contributed by atoms with E-state index in [0.717, 1.165) is 12.0 Å². The summed E-state index contributed by atoms with van der Waals surface area (Å²) in [5.74, 6) is 0.978. The molecule has 1 saturated heterocycles. The van der Waals surface area contributed by atoms with E-state index < -0.39 is 0 Å². The summed E-state index contributed by atoms with van der Waals surface area (Å²) in [5.41, 5.74) is 0.587. The number of hydrogen-bond donors (Lipinski definition) is 1. The number of hydrogen-bond acceptors (Lipinski definition) is 1. The lowest BCUT2D eigenvalue weighted by Gasteiger charge is -2.33. The first-order valence-electron chi connectivity index (χ1n) is 5.91. The summed E-state index contributed by atoms with van der Waals surface area (Å²) in [5, 5.41) is 3.74. The van der Waals surface area contributed by atoms with Gasteiger partial charge in [-0.2, -0.15) is 0 Å². The zero-order chi connectivity index (χ0) is 9.31. The van der Waals surface area contributed by atoms with Gasteiger partial charge in [-0.25, -0.2) is 0 Å². The quantitative estimate of drug-likeness (QED) is 0.606. The largest absolute Gasteiger partial charge is 0.314 e. The van der Waals surface area contributed by atoms with Gasteiger partial charge in [0.1, 0.15) is 0 Å². The van der Waals surface area contributed by atoms with Crippen molar-refractivity contribution in [2.24, 2.45) is 11.3 Å². The lowest BCUT2D eigenvalue weighted by molar-refractivity contribution is 0.211. The molecular weight excluding hydrogens is 158 g/mol. The van der Waals surface area contributed by atoms with Gasteiger partial charge in [0.2, 0.25) is 0 Å². The highest BCUT2D eigenvalue weighted by atomic mass is 14.9. The normalized spacial score (nSPS) is 39.2. The Morgan fingerprint density at radius 2 is 1.92 bits per heavy atom. The summed E-state index contributed by atoms with van der Waals surface area (Å²) >= 11 is 0. The molecule has 2 fully saturated rings. The number of fused-ring (bicyclic) bond motifs is 1. The first-order valence-corrected chi connectivity index (χ1v) is 5.91. The lowest BCUT2D eigenvalue weighted by atomic mass is 9.74. The summed E-state index contributed by atoms with van der Waals surface area (Å²) in [4.78, 5) is 0. The molecule has 0 aromatic carbocycles. The van der Waals surface area contributed by atoms with Crippen molar-refractivity contribution >= 4 is 0 Å². The van der Waals surface area contributed by atoms with Crippen LogP contribution in [0.25, 0.3) is 0 Å². The van der Waals surface area contributed by atoms with Gasteiger partial charge in [-0.15, -0.1) is 0 Å². The van der Waals surface area contributed by atoms with Crippen LogP contribution in [0.1, 0.15) is 52.4 Å². The van der Waals surface area contributed by atoms with Crippen LogP contribution >= 0.6 is 0 Å². The predicted octanol–water partition coefficient (Wildman–Crippen LogP) is 2.95. The second-order valence-electron chi connectivity index (χ2n) is 5.72. The Balaban J connectivity index is 2.03. The van der Waals surface area contributed by atoms with Crippen LogP contribution < -0.4 is 5.32 Å². The van der Waals surface area contributed by atoms with Gasteiger partial charge < -0.3 is 5.32 Å². The van der Waals surface area contributed by atoms with Crippen molar-refractivity contribution in [1.29, 1.82) is 0 Å². The molecule has 0 aromatic rings. The lowest BCUT2D eigenvalue weighted by Crippen LogP contribution is -2.37. The summed E-state index contributed by atoms with van der Waals surface area (Å²) in [6.07, 6.45) is 8.64. The second kappa shape index (κ2) is 3.61. The van der Waals surface area contributed by atoms with Gasteiger partial charge in [0, 0.05) is 6.04 Å². The molecule has 1 aliphatic heterocycles. The third kappa shape index (κ3) is 2.25. The Labute approximate surface area is 82.3 Å². The van der Waals surface area contributed by atoms with Crippen LogP contribution in [0.3, 0.4) is 0 Å². The Hall–Kier alpha value is -0.0400. The van der Waals surface area contributed by atoms with Gasteiger partial charge >= 0.3 is 0 Å². The molecule has 0 amide bonds. The SMILES string of the molecule is CC1(C)CCN[C@@H]2CCCC[C@@H]2C1. The van der Waals surface area contributed by atoms with Gasteiger partial charge in [-0.1, -0.05) is 26.7 Å². The van der Waals surface area contributed by atoms with E-state index in [1.807, 2.05) is 0 Å². The summed E-state index contributed by atoms with van der Waals surface area (Å²) in [6.45, 7) is 6.12. The van der Waals surface area contributed by atoms with Gasteiger partial charge in [0.25, 0.3) is 0 Å². The Bertz CT molecular complexity index is 174. The van der Waals surface area contributed by atoms with Crippen molar-refractivity contribution in [3.63, 3.8) is 0 Å². The zero-order valence-electron chi connectivity index (χ0n) is 9.10. The van der Waals surface area contributed by atoms with E-state index in [9.17, 15) is 0 Å². The molecule has 76 valence electrons. The highest BCUT2D eigenvalue weighted by Crippen LogP contribution is 2.38. The molecule has 1 nitrogen and oxygen atoms in total. The predicted molar refractivity (Wildman–Crippen MR) is 56.8 cm³/mol. The topological polar surface area (TPSA) is 12.0 Å². The third-order valence-electron chi connectivity index (χ3n) is 3.93. The standard InChI is InChI=1S/C12H23N/c1-12(2)7-8-13-11-6-4-3-5-10(11)9-12/h10-11,13H,3-9H2,1-2H3/t10-,11-/m1/s1. The minimum Gasteiger partial charge on any atom is -0.314 e. The van der Waals surface area contributed by atoms with Crippen LogP contribution in [0.2, 0.25) is 0 Å². The van der Waals surface area contributed by atoms with Crippen molar-refractivity contribution in [3.8, 4) is 0 Å². The maximum atomic E-state index is 3.74.